The van der Waals surface area contributed by atoms with Gasteiger partial charge in [0.15, 0.2) is 5.82 Å². The standard InChI is InChI=1S/C23H21N5/c1-27-13-14-28(16-18-7-2-5-11-21(18)27)23-19-9-3-4-10-20(19)25-22(26-23)17-8-6-12-24-15-17/h2-12,15H,13-14,16H2,1H3. The zero-order chi connectivity index (χ0) is 18.9. The molecular weight excluding hydrogens is 346 g/mol. The van der Waals surface area contributed by atoms with Crippen LogP contribution in [0.2, 0.25) is 0 Å². The lowest BCUT2D eigenvalue weighted by atomic mass is 10.1. The average Bonchev–Trinajstić information content (AvgIpc) is 2.93. The second-order valence-electron chi connectivity index (χ2n) is 7.10. The van der Waals surface area contributed by atoms with Gasteiger partial charge in [0.25, 0.3) is 0 Å². The van der Waals surface area contributed by atoms with E-state index < -0.39 is 0 Å². The molecule has 28 heavy (non-hydrogen) atoms. The van der Waals surface area contributed by atoms with E-state index in [1.54, 1.807) is 6.20 Å². The quantitative estimate of drug-likeness (QED) is 0.533. The van der Waals surface area contributed by atoms with Crippen molar-refractivity contribution in [1.82, 2.24) is 15.0 Å². The number of likely N-dealkylation sites (N-methyl/N-ethyl adjacent to an activating group) is 1. The molecule has 2 aromatic carbocycles. The van der Waals surface area contributed by atoms with Crippen LogP contribution in [0, 0.1) is 0 Å². The SMILES string of the molecule is CN1CCN(c2nc(-c3cccnc3)nc3ccccc23)Cc2ccccc21. The van der Waals surface area contributed by atoms with E-state index in [9.17, 15) is 0 Å². The third kappa shape index (κ3) is 2.95. The summed E-state index contributed by atoms with van der Waals surface area (Å²) in [5, 5.41) is 1.08. The van der Waals surface area contributed by atoms with Crippen LogP contribution in [0.5, 0.6) is 0 Å². The lowest BCUT2D eigenvalue weighted by Gasteiger charge is -2.24. The van der Waals surface area contributed by atoms with Crippen molar-refractivity contribution in [2.45, 2.75) is 6.54 Å². The van der Waals surface area contributed by atoms with Crippen LogP contribution >= 0.6 is 0 Å². The number of rotatable bonds is 2. The lowest BCUT2D eigenvalue weighted by molar-refractivity contribution is 0.787. The molecule has 0 N–H and O–H groups in total. The predicted molar refractivity (Wildman–Crippen MR) is 114 cm³/mol. The van der Waals surface area contributed by atoms with Gasteiger partial charge >= 0.3 is 0 Å². The van der Waals surface area contributed by atoms with Crippen molar-refractivity contribution in [2.75, 3.05) is 29.9 Å². The molecule has 0 fully saturated rings. The van der Waals surface area contributed by atoms with Crippen LogP contribution in [0.15, 0.2) is 73.1 Å². The number of aromatic nitrogens is 3. The minimum atomic E-state index is 0.715. The number of hydrogen-bond acceptors (Lipinski definition) is 5. The maximum atomic E-state index is 4.99. The highest BCUT2D eigenvalue weighted by Gasteiger charge is 2.21. The summed E-state index contributed by atoms with van der Waals surface area (Å²) in [7, 11) is 2.15. The largest absolute Gasteiger partial charge is 0.373 e. The molecule has 5 heteroatoms. The Labute approximate surface area is 164 Å². The zero-order valence-corrected chi connectivity index (χ0v) is 15.8. The first-order valence-electron chi connectivity index (χ1n) is 9.51. The molecule has 3 heterocycles. The van der Waals surface area contributed by atoms with Gasteiger partial charge in [0, 0.05) is 55.7 Å². The molecule has 0 spiro atoms. The third-order valence-corrected chi connectivity index (χ3v) is 5.27. The Bertz CT molecular complexity index is 1130. The molecule has 1 aliphatic rings. The Hall–Kier alpha value is -3.47. The van der Waals surface area contributed by atoms with Crippen LogP contribution < -0.4 is 9.80 Å². The minimum absolute atomic E-state index is 0.715. The highest BCUT2D eigenvalue weighted by Crippen LogP contribution is 2.31. The summed E-state index contributed by atoms with van der Waals surface area (Å²) in [4.78, 5) is 18.7. The van der Waals surface area contributed by atoms with Crippen molar-refractivity contribution in [1.29, 1.82) is 0 Å². The molecule has 5 rings (SSSR count). The van der Waals surface area contributed by atoms with E-state index in [1.807, 2.05) is 24.4 Å². The molecule has 0 saturated heterocycles. The van der Waals surface area contributed by atoms with Crippen LogP contribution in [-0.4, -0.2) is 35.1 Å². The van der Waals surface area contributed by atoms with Crippen molar-refractivity contribution in [3.8, 4) is 11.4 Å². The van der Waals surface area contributed by atoms with Gasteiger partial charge in [0.1, 0.15) is 5.82 Å². The number of para-hydroxylation sites is 2. The average molecular weight is 367 g/mol. The summed E-state index contributed by atoms with van der Waals surface area (Å²) >= 11 is 0. The molecular formula is C23H21N5. The van der Waals surface area contributed by atoms with E-state index in [2.05, 4.69) is 64.3 Å². The molecule has 5 nitrogen and oxygen atoms in total. The maximum Gasteiger partial charge on any atom is 0.163 e. The molecule has 0 bridgehead atoms. The third-order valence-electron chi connectivity index (χ3n) is 5.27. The summed E-state index contributed by atoms with van der Waals surface area (Å²) in [5.41, 5.74) is 4.49. The van der Waals surface area contributed by atoms with Crippen LogP contribution in [0.1, 0.15) is 5.56 Å². The Morgan fingerprint density at radius 3 is 2.61 bits per heavy atom. The van der Waals surface area contributed by atoms with Crippen LogP contribution in [0.25, 0.3) is 22.3 Å². The van der Waals surface area contributed by atoms with Crippen molar-refractivity contribution in [3.63, 3.8) is 0 Å². The summed E-state index contributed by atoms with van der Waals surface area (Å²) in [6.45, 7) is 2.67. The summed E-state index contributed by atoms with van der Waals surface area (Å²) in [6, 6.07) is 20.8. The van der Waals surface area contributed by atoms with Gasteiger partial charge in [-0.25, -0.2) is 9.97 Å². The van der Waals surface area contributed by atoms with Crippen molar-refractivity contribution >= 4 is 22.4 Å². The number of pyridine rings is 1. The summed E-state index contributed by atoms with van der Waals surface area (Å²) in [5.74, 6) is 1.70. The number of fused-ring (bicyclic) bond motifs is 2. The minimum Gasteiger partial charge on any atom is -0.373 e. The molecule has 0 amide bonds. The fraction of sp³-hybridized carbons (Fsp3) is 0.174. The molecule has 0 radical (unpaired) electrons. The van der Waals surface area contributed by atoms with Gasteiger partial charge in [-0.3, -0.25) is 4.98 Å². The van der Waals surface area contributed by atoms with Crippen LogP contribution in [0.3, 0.4) is 0 Å². The van der Waals surface area contributed by atoms with Crippen molar-refractivity contribution < 1.29 is 0 Å². The fourth-order valence-electron chi connectivity index (χ4n) is 3.80. The highest BCUT2D eigenvalue weighted by atomic mass is 15.2. The van der Waals surface area contributed by atoms with E-state index in [1.165, 1.54) is 11.3 Å². The van der Waals surface area contributed by atoms with Crippen LogP contribution in [-0.2, 0) is 6.54 Å². The molecule has 1 aliphatic heterocycles. The zero-order valence-electron chi connectivity index (χ0n) is 15.8. The monoisotopic (exact) mass is 367 g/mol. The second-order valence-corrected chi connectivity index (χ2v) is 7.10. The van der Waals surface area contributed by atoms with E-state index in [4.69, 9.17) is 9.97 Å². The van der Waals surface area contributed by atoms with Gasteiger partial charge in [0.05, 0.1) is 5.52 Å². The summed E-state index contributed by atoms with van der Waals surface area (Å²) < 4.78 is 0. The number of nitrogens with zero attached hydrogens (tertiary/aromatic N) is 5. The number of anilines is 2. The number of hydrogen-bond donors (Lipinski definition) is 0. The Kier molecular flexibility index (Phi) is 4.13. The first-order valence-corrected chi connectivity index (χ1v) is 9.51. The van der Waals surface area contributed by atoms with Gasteiger partial charge in [-0.15, -0.1) is 0 Å². The predicted octanol–water partition coefficient (Wildman–Crippen LogP) is 4.15. The fourth-order valence-corrected chi connectivity index (χ4v) is 3.80. The van der Waals surface area contributed by atoms with Crippen molar-refractivity contribution in [3.05, 3.63) is 78.6 Å². The second kappa shape index (κ2) is 6.93. The Morgan fingerprint density at radius 1 is 0.857 bits per heavy atom. The van der Waals surface area contributed by atoms with Gasteiger partial charge in [-0.2, -0.15) is 0 Å². The Morgan fingerprint density at radius 2 is 1.71 bits per heavy atom. The first-order chi connectivity index (χ1) is 13.8. The van der Waals surface area contributed by atoms with E-state index >= 15 is 0 Å². The first kappa shape index (κ1) is 16.7. The van der Waals surface area contributed by atoms with E-state index in [0.29, 0.717) is 5.82 Å². The topological polar surface area (TPSA) is 45.2 Å². The maximum absolute atomic E-state index is 4.99. The highest BCUT2D eigenvalue weighted by molar-refractivity contribution is 5.91. The lowest BCUT2D eigenvalue weighted by Crippen LogP contribution is -2.30. The summed E-state index contributed by atoms with van der Waals surface area (Å²) in [6.07, 6.45) is 3.59. The molecule has 2 aromatic heterocycles. The van der Waals surface area contributed by atoms with Gasteiger partial charge < -0.3 is 9.80 Å². The molecule has 0 aliphatic carbocycles. The molecule has 0 atom stereocenters. The van der Waals surface area contributed by atoms with Gasteiger partial charge in [-0.1, -0.05) is 30.3 Å². The molecule has 0 unspecified atom stereocenters. The van der Waals surface area contributed by atoms with Crippen molar-refractivity contribution in [2.24, 2.45) is 0 Å². The van der Waals surface area contributed by atoms with Gasteiger partial charge in [0.2, 0.25) is 0 Å². The molecule has 0 saturated carbocycles. The van der Waals surface area contributed by atoms with Gasteiger partial charge in [-0.05, 0) is 35.9 Å². The molecule has 4 aromatic rings. The van der Waals surface area contributed by atoms with E-state index in [0.717, 1.165) is 41.9 Å². The number of benzene rings is 2. The molecule has 138 valence electrons. The van der Waals surface area contributed by atoms with Crippen LogP contribution in [0.4, 0.5) is 11.5 Å². The van der Waals surface area contributed by atoms with E-state index in [-0.39, 0.29) is 0 Å². The smallest absolute Gasteiger partial charge is 0.163 e. The normalized spacial score (nSPS) is 14.0. The Balaban J connectivity index is 1.66.